The smallest absolute Gasteiger partial charge is 0.416 e. The van der Waals surface area contributed by atoms with E-state index in [9.17, 15) is 21.9 Å². The Labute approximate surface area is 99.9 Å². The molecule has 8 heteroatoms. The summed E-state index contributed by atoms with van der Waals surface area (Å²) in [6.45, 7) is 4.67. The third-order valence-electron chi connectivity index (χ3n) is 1.54. The normalized spacial score (nSPS) is 12.0. The van der Waals surface area contributed by atoms with Gasteiger partial charge in [0.25, 0.3) is 0 Å². The summed E-state index contributed by atoms with van der Waals surface area (Å²) in [5.74, 6) is -0.736. The van der Waals surface area contributed by atoms with Crippen LogP contribution in [0.4, 0.5) is 8.68 Å². The second kappa shape index (κ2) is 5.95. The predicted molar refractivity (Wildman–Crippen MR) is 58.5 cm³/mol. The first-order valence-electron chi connectivity index (χ1n) is 4.92. The maximum Gasteiger partial charge on any atom is 0.416 e. The lowest BCUT2D eigenvalue weighted by atomic mass is 10.2. The number of amides is 2. The molecule has 0 atom stereocenters. The van der Waals surface area contributed by atoms with E-state index >= 15 is 0 Å². The van der Waals surface area contributed by atoms with E-state index in [1.807, 2.05) is 0 Å². The largest absolute Gasteiger partial charge is 0.443 e. The lowest BCUT2D eigenvalue weighted by Crippen LogP contribution is -2.36. The van der Waals surface area contributed by atoms with Crippen molar-refractivity contribution in [2.75, 3.05) is 12.3 Å². The van der Waals surface area contributed by atoms with Crippen LogP contribution in [-0.2, 0) is 19.8 Å². The van der Waals surface area contributed by atoms with Crippen LogP contribution < -0.4 is 0 Å². The maximum absolute atomic E-state index is 12.2. The molecule has 0 saturated heterocycles. The van der Waals surface area contributed by atoms with Crippen molar-refractivity contribution in [3.8, 4) is 0 Å². The first kappa shape index (κ1) is 15.8. The molecule has 2 amide bonds. The van der Waals surface area contributed by atoms with E-state index < -0.39 is 27.7 Å². The number of halogens is 1. The summed E-state index contributed by atoms with van der Waals surface area (Å²) in [4.78, 5) is 22.6. The van der Waals surface area contributed by atoms with Gasteiger partial charge in [0.1, 0.15) is 5.60 Å². The molecule has 0 aliphatic carbocycles. The average Bonchev–Trinajstić information content (AvgIpc) is 2.07. The molecule has 17 heavy (non-hydrogen) atoms. The number of carbonyl (C=O) groups excluding carboxylic acids is 2. The molecular formula is C9H16FNO5S. The van der Waals surface area contributed by atoms with Gasteiger partial charge in [0.15, 0.2) is 0 Å². The highest BCUT2D eigenvalue weighted by molar-refractivity contribution is 7.86. The van der Waals surface area contributed by atoms with Crippen LogP contribution in [0.3, 0.4) is 0 Å². The van der Waals surface area contributed by atoms with Crippen molar-refractivity contribution in [3.05, 3.63) is 0 Å². The molecule has 0 bridgehead atoms. The van der Waals surface area contributed by atoms with E-state index in [1.54, 1.807) is 20.8 Å². The van der Waals surface area contributed by atoms with Crippen molar-refractivity contribution < 1.29 is 26.6 Å². The van der Waals surface area contributed by atoms with Crippen LogP contribution in [0.2, 0.25) is 0 Å². The average molecular weight is 269 g/mol. The molecule has 0 aromatic carbocycles. The van der Waals surface area contributed by atoms with Crippen LogP contribution in [0, 0.1) is 0 Å². The Morgan fingerprint density at radius 2 is 1.94 bits per heavy atom. The first-order chi connectivity index (χ1) is 7.55. The summed E-state index contributed by atoms with van der Waals surface area (Å²) >= 11 is 0. The summed E-state index contributed by atoms with van der Waals surface area (Å²) < 4.78 is 37.5. The number of rotatable bonds is 5. The first-order valence-corrected chi connectivity index (χ1v) is 6.48. The summed E-state index contributed by atoms with van der Waals surface area (Å²) in [7, 11) is -4.58. The monoisotopic (exact) mass is 269 g/mol. The van der Waals surface area contributed by atoms with E-state index in [1.165, 1.54) is 0 Å². The molecular weight excluding hydrogens is 253 g/mol. The van der Waals surface area contributed by atoms with Gasteiger partial charge in [-0.15, -0.1) is 3.89 Å². The Kier molecular flexibility index (Phi) is 5.53. The van der Waals surface area contributed by atoms with Gasteiger partial charge >= 0.3 is 16.3 Å². The number of hydrogen-bond donors (Lipinski definition) is 0. The van der Waals surface area contributed by atoms with Gasteiger partial charge in [-0.25, -0.2) is 9.69 Å². The fraction of sp³-hybridized carbons (Fsp3) is 0.778. The molecule has 0 spiro atoms. The fourth-order valence-electron chi connectivity index (χ4n) is 0.915. The van der Waals surface area contributed by atoms with E-state index in [4.69, 9.17) is 4.74 Å². The molecule has 0 saturated carbocycles. The van der Waals surface area contributed by atoms with Gasteiger partial charge in [0, 0.05) is 6.54 Å². The van der Waals surface area contributed by atoms with Gasteiger partial charge in [0.05, 0.1) is 5.75 Å². The SMILES string of the molecule is CC(C)(C)OC(=O)N(C=O)CCCS(=O)(=O)F. The topological polar surface area (TPSA) is 80.8 Å². The zero-order valence-electron chi connectivity index (χ0n) is 9.97. The van der Waals surface area contributed by atoms with Gasteiger partial charge < -0.3 is 4.74 Å². The zero-order chi connectivity index (χ0) is 13.7. The lowest BCUT2D eigenvalue weighted by molar-refractivity contribution is -0.117. The van der Waals surface area contributed by atoms with Crippen molar-refractivity contribution >= 4 is 22.7 Å². The molecule has 100 valence electrons. The zero-order valence-corrected chi connectivity index (χ0v) is 10.8. The molecule has 0 fully saturated rings. The number of ether oxygens (including phenoxy) is 1. The molecule has 0 heterocycles. The van der Waals surface area contributed by atoms with Gasteiger partial charge in [-0.05, 0) is 27.2 Å². The van der Waals surface area contributed by atoms with Crippen molar-refractivity contribution in [2.45, 2.75) is 32.8 Å². The highest BCUT2D eigenvalue weighted by atomic mass is 32.3. The van der Waals surface area contributed by atoms with E-state index in [0.717, 1.165) is 0 Å². The minimum absolute atomic E-state index is 0.170. The molecule has 6 nitrogen and oxygen atoms in total. The minimum atomic E-state index is -4.58. The van der Waals surface area contributed by atoms with Crippen LogP contribution in [0.15, 0.2) is 0 Å². The third kappa shape index (κ3) is 8.61. The van der Waals surface area contributed by atoms with Gasteiger partial charge in [0.2, 0.25) is 6.41 Å². The number of imide groups is 1. The van der Waals surface area contributed by atoms with Crippen molar-refractivity contribution in [2.24, 2.45) is 0 Å². The Balaban J connectivity index is 4.25. The van der Waals surface area contributed by atoms with E-state index in [2.05, 4.69) is 0 Å². The molecule has 0 aliphatic rings. The van der Waals surface area contributed by atoms with E-state index in [0.29, 0.717) is 4.90 Å². The molecule has 0 radical (unpaired) electrons. The van der Waals surface area contributed by atoms with Crippen molar-refractivity contribution in [3.63, 3.8) is 0 Å². The molecule has 0 rings (SSSR count). The highest BCUT2D eigenvalue weighted by Gasteiger charge is 2.22. The van der Waals surface area contributed by atoms with Crippen LogP contribution >= 0.6 is 0 Å². The molecule has 0 unspecified atom stereocenters. The Morgan fingerprint density at radius 1 is 1.41 bits per heavy atom. The van der Waals surface area contributed by atoms with Crippen LogP contribution in [0.1, 0.15) is 27.2 Å². The fourth-order valence-corrected chi connectivity index (χ4v) is 1.39. The quantitative estimate of drug-likeness (QED) is 0.551. The van der Waals surface area contributed by atoms with E-state index in [-0.39, 0.29) is 19.4 Å². The van der Waals surface area contributed by atoms with Gasteiger partial charge in [-0.3, -0.25) is 4.79 Å². The summed E-state index contributed by atoms with van der Waals surface area (Å²) in [5, 5.41) is 0. The summed E-state index contributed by atoms with van der Waals surface area (Å²) in [6.07, 6.45) is -0.834. The Hall–Kier alpha value is -1.18. The van der Waals surface area contributed by atoms with Gasteiger partial charge in [-0.2, -0.15) is 8.42 Å². The van der Waals surface area contributed by atoms with Crippen LogP contribution in [-0.4, -0.2) is 43.7 Å². The van der Waals surface area contributed by atoms with Gasteiger partial charge in [-0.1, -0.05) is 0 Å². The van der Waals surface area contributed by atoms with Crippen LogP contribution in [0.5, 0.6) is 0 Å². The highest BCUT2D eigenvalue weighted by Crippen LogP contribution is 2.09. The standard InChI is InChI=1S/C9H16FNO5S/c1-9(2,3)16-8(13)11(7-12)5-4-6-17(10,14)15/h7H,4-6H2,1-3H3. The van der Waals surface area contributed by atoms with Crippen LogP contribution in [0.25, 0.3) is 0 Å². The molecule has 0 aromatic heterocycles. The Bertz CT molecular complexity index is 373. The van der Waals surface area contributed by atoms with Crippen molar-refractivity contribution in [1.82, 2.24) is 4.90 Å². The third-order valence-corrected chi connectivity index (χ3v) is 2.32. The second-order valence-corrected chi connectivity index (χ2v) is 5.86. The molecule has 0 N–H and O–H groups in total. The maximum atomic E-state index is 12.2. The predicted octanol–water partition coefficient (Wildman–Crippen LogP) is 1.07. The Morgan fingerprint density at radius 3 is 2.29 bits per heavy atom. The summed E-state index contributed by atoms with van der Waals surface area (Å²) in [5.41, 5.74) is -0.759. The number of nitrogens with zero attached hydrogens (tertiary/aromatic N) is 1. The molecule has 0 aromatic rings. The van der Waals surface area contributed by atoms with Crippen molar-refractivity contribution in [1.29, 1.82) is 0 Å². The minimum Gasteiger partial charge on any atom is -0.443 e. The number of carbonyl (C=O) groups is 2. The lowest BCUT2D eigenvalue weighted by Gasteiger charge is -2.23. The summed E-state index contributed by atoms with van der Waals surface area (Å²) in [6, 6.07) is 0. The second-order valence-electron chi connectivity index (χ2n) is 4.38. The molecule has 0 aliphatic heterocycles. The number of hydrogen-bond acceptors (Lipinski definition) is 5.